The van der Waals surface area contributed by atoms with E-state index in [1.807, 2.05) is 18.8 Å². The van der Waals surface area contributed by atoms with Gasteiger partial charge in [-0.25, -0.2) is 0 Å². The Morgan fingerprint density at radius 2 is 2.29 bits per heavy atom. The summed E-state index contributed by atoms with van der Waals surface area (Å²) < 4.78 is 5.13. The van der Waals surface area contributed by atoms with E-state index in [0.717, 1.165) is 5.82 Å². The second kappa shape index (κ2) is 4.79. The Morgan fingerprint density at radius 3 is 3.00 bits per heavy atom. The molecule has 0 aliphatic carbocycles. The SMILES string of the molecule is CNCc1nc(C2CCSCC2)no1. The molecule has 4 nitrogen and oxygen atoms in total. The summed E-state index contributed by atoms with van der Waals surface area (Å²) in [7, 11) is 1.88. The molecule has 78 valence electrons. The second-order valence-corrected chi connectivity index (χ2v) is 4.69. The number of hydrogen-bond acceptors (Lipinski definition) is 5. The van der Waals surface area contributed by atoms with Gasteiger partial charge in [0.1, 0.15) is 0 Å². The van der Waals surface area contributed by atoms with Crippen LogP contribution in [0.3, 0.4) is 0 Å². The summed E-state index contributed by atoms with van der Waals surface area (Å²) in [6.07, 6.45) is 2.37. The molecule has 1 aliphatic rings. The van der Waals surface area contributed by atoms with Crippen LogP contribution in [0.4, 0.5) is 0 Å². The number of hydrogen-bond donors (Lipinski definition) is 1. The third kappa shape index (κ3) is 2.27. The van der Waals surface area contributed by atoms with E-state index in [0.29, 0.717) is 18.4 Å². The Kier molecular flexibility index (Phi) is 3.42. The quantitative estimate of drug-likeness (QED) is 0.822. The fourth-order valence-electron chi connectivity index (χ4n) is 1.61. The van der Waals surface area contributed by atoms with E-state index >= 15 is 0 Å². The summed E-state index contributed by atoms with van der Waals surface area (Å²) in [5, 5.41) is 7.02. The van der Waals surface area contributed by atoms with E-state index < -0.39 is 0 Å². The highest BCUT2D eigenvalue weighted by atomic mass is 32.2. The molecular weight excluding hydrogens is 198 g/mol. The van der Waals surface area contributed by atoms with E-state index in [1.54, 1.807) is 0 Å². The highest BCUT2D eigenvalue weighted by Crippen LogP contribution is 2.29. The van der Waals surface area contributed by atoms with Crippen molar-refractivity contribution in [1.82, 2.24) is 15.5 Å². The van der Waals surface area contributed by atoms with Gasteiger partial charge in [0.2, 0.25) is 5.89 Å². The highest BCUT2D eigenvalue weighted by Gasteiger charge is 2.20. The molecule has 0 unspecified atom stereocenters. The standard InChI is InChI=1S/C9H15N3OS/c1-10-6-8-11-9(12-13-8)7-2-4-14-5-3-7/h7,10H,2-6H2,1H3. The van der Waals surface area contributed by atoms with Crippen molar-refractivity contribution in [1.29, 1.82) is 0 Å². The largest absolute Gasteiger partial charge is 0.338 e. The van der Waals surface area contributed by atoms with Gasteiger partial charge >= 0.3 is 0 Å². The van der Waals surface area contributed by atoms with Crippen molar-refractivity contribution < 1.29 is 4.52 Å². The van der Waals surface area contributed by atoms with Crippen molar-refractivity contribution in [2.24, 2.45) is 0 Å². The minimum Gasteiger partial charge on any atom is -0.338 e. The molecule has 0 atom stereocenters. The van der Waals surface area contributed by atoms with Crippen LogP contribution in [0.5, 0.6) is 0 Å². The Bertz CT molecular complexity index is 283. The summed E-state index contributed by atoms with van der Waals surface area (Å²) in [6, 6.07) is 0. The zero-order chi connectivity index (χ0) is 9.80. The summed E-state index contributed by atoms with van der Waals surface area (Å²) >= 11 is 2.01. The molecule has 0 radical (unpaired) electrons. The number of aromatic nitrogens is 2. The molecule has 2 rings (SSSR count). The van der Waals surface area contributed by atoms with Gasteiger partial charge in [0.25, 0.3) is 0 Å². The molecule has 1 N–H and O–H groups in total. The molecule has 1 aromatic rings. The monoisotopic (exact) mass is 213 g/mol. The molecule has 0 spiro atoms. The van der Waals surface area contributed by atoms with Crippen LogP contribution in [0.25, 0.3) is 0 Å². The Balaban J connectivity index is 2.00. The lowest BCUT2D eigenvalue weighted by atomic mass is 10.0. The smallest absolute Gasteiger partial charge is 0.240 e. The third-order valence-electron chi connectivity index (χ3n) is 2.40. The van der Waals surface area contributed by atoms with Gasteiger partial charge in [-0.15, -0.1) is 0 Å². The number of rotatable bonds is 3. The minimum absolute atomic E-state index is 0.519. The maximum atomic E-state index is 5.13. The average molecular weight is 213 g/mol. The predicted octanol–water partition coefficient (Wildman–Crippen LogP) is 1.40. The van der Waals surface area contributed by atoms with Crippen LogP contribution in [-0.4, -0.2) is 28.7 Å². The van der Waals surface area contributed by atoms with Gasteiger partial charge in [0.15, 0.2) is 5.82 Å². The zero-order valence-electron chi connectivity index (χ0n) is 8.32. The summed E-state index contributed by atoms with van der Waals surface area (Å²) in [6.45, 7) is 0.661. The van der Waals surface area contributed by atoms with Gasteiger partial charge in [-0.1, -0.05) is 5.16 Å². The van der Waals surface area contributed by atoms with E-state index in [4.69, 9.17) is 4.52 Å². The molecule has 1 aromatic heterocycles. The first-order chi connectivity index (χ1) is 6.90. The number of nitrogens with zero attached hydrogens (tertiary/aromatic N) is 2. The summed E-state index contributed by atoms with van der Waals surface area (Å²) in [5.41, 5.74) is 0. The van der Waals surface area contributed by atoms with Gasteiger partial charge in [0, 0.05) is 5.92 Å². The molecule has 0 amide bonds. The lowest BCUT2D eigenvalue weighted by Gasteiger charge is -2.17. The molecular formula is C9H15N3OS. The van der Waals surface area contributed by atoms with E-state index in [-0.39, 0.29) is 0 Å². The molecule has 0 saturated carbocycles. The number of thioether (sulfide) groups is 1. The second-order valence-electron chi connectivity index (χ2n) is 3.46. The van der Waals surface area contributed by atoms with Gasteiger partial charge in [-0.05, 0) is 31.4 Å². The molecule has 1 aliphatic heterocycles. The first-order valence-electron chi connectivity index (χ1n) is 4.95. The lowest BCUT2D eigenvalue weighted by Crippen LogP contribution is -2.10. The van der Waals surface area contributed by atoms with E-state index in [9.17, 15) is 0 Å². The van der Waals surface area contributed by atoms with Crippen molar-refractivity contribution in [2.45, 2.75) is 25.3 Å². The van der Waals surface area contributed by atoms with Gasteiger partial charge in [-0.3, -0.25) is 0 Å². The number of nitrogens with one attached hydrogen (secondary N) is 1. The van der Waals surface area contributed by atoms with E-state index in [1.165, 1.54) is 24.3 Å². The van der Waals surface area contributed by atoms with Crippen LogP contribution in [0.1, 0.15) is 30.5 Å². The fraction of sp³-hybridized carbons (Fsp3) is 0.778. The molecule has 1 fully saturated rings. The summed E-state index contributed by atoms with van der Waals surface area (Å²) in [4.78, 5) is 4.37. The highest BCUT2D eigenvalue weighted by molar-refractivity contribution is 7.99. The molecule has 2 heterocycles. The van der Waals surface area contributed by atoms with Crippen molar-refractivity contribution in [3.8, 4) is 0 Å². The first kappa shape index (κ1) is 9.98. The molecule has 0 aromatic carbocycles. The maximum absolute atomic E-state index is 5.13. The molecule has 0 bridgehead atoms. The Labute approximate surface area is 87.8 Å². The molecule has 14 heavy (non-hydrogen) atoms. The van der Waals surface area contributed by atoms with Crippen LogP contribution in [0.15, 0.2) is 4.52 Å². The maximum Gasteiger partial charge on any atom is 0.240 e. The average Bonchev–Trinajstić information content (AvgIpc) is 2.68. The van der Waals surface area contributed by atoms with Crippen molar-refractivity contribution in [3.63, 3.8) is 0 Å². The van der Waals surface area contributed by atoms with Crippen LogP contribution in [-0.2, 0) is 6.54 Å². The van der Waals surface area contributed by atoms with Crippen LogP contribution >= 0.6 is 11.8 Å². The first-order valence-corrected chi connectivity index (χ1v) is 6.10. The normalized spacial score (nSPS) is 18.6. The lowest BCUT2D eigenvalue weighted by molar-refractivity contribution is 0.362. The van der Waals surface area contributed by atoms with Crippen molar-refractivity contribution >= 4 is 11.8 Å². The van der Waals surface area contributed by atoms with Gasteiger partial charge < -0.3 is 9.84 Å². The molecule has 5 heteroatoms. The minimum atomic E-state index is 0.519. The van der Waals surface area contributed by atoms with E-state index in [2.05, 4.69) is 15.5 Å². The fourth-order valence-corrected chi connectivity index (χ4v) is 2.72. The zero-order valence-corrected chi connectivity index (χ0v) is 9.14. The predicted molar refractivity (Wildman–Crippen MR) is 56.4 cm³/mol. The van der Waals surface area contributed by atoms with Crippen LogP contribution in [0.2, 0.25) is 0 Å². The van der Waals surface area contributed by atoms with Crippen LogP contribution < -0.4 is 5.32 Å². The van der Waals surface area contributed by atoms with Crippen LogP contribution in [0, 0.1) is 0 Å². The third-order valence-corrected chi connectivity index (χ3v) is 3.45. The molecule has 1 saturated heterocycles. The van der Waals surface area contributed by atoms with Crippen molar-refractivity contribution in [3.05, 3.63) is 11.7 Å². The summed E-state index contributed by atoms with van der Waals surface area (Å²) in [5.74, 6) is 4.56. The van der Waals surface area contributed by atoms with Gasteiger partial charge in [0.05, 0.1) is 6.54 Å². The van der Waals surface area contributed by atoms with Crippen molar-refractivity contribution in [2.75, 3.05) is 18.6 Å². The Morgan fingerprint density at radius 1 is 1.50 bits per heavy atom. The Hall–Kier alpha value is -0.550. The topological polar surface area (TPSA) is 51.0 Å². The van der Waals surface area contributed by atoms with Gasteiger partial charge in [-0.2, -0.15) is 16.7 Å².